The number of alkyl carbamates (subject to hydrolysis) is 1. The molecule has 0 radical (unpaired) electrons. The Kier molecular flexibility index (Phi) is 9.69. The molecule has 0 aromatic heterocycles. The number of fused-ring (bicyclic) bond motifs is 3. The van der Waals surface area contributed by atoms with Crippen molar-refractivity contribution in [3.63, 3.8) is 0 Å². The number of esters is 1. The summed E-state index contributed by atoms with van der Waals surface area (Å²) in [4.78, 5) is 65.7. The quantitative estimate of drug-likeness (QED) is 0.309. The van der Waals surface area contributed by atoms with Crippen LogP contribution in [0, 0.1) is 0 Å². The molecule has 3 N–H and O–H groups in total. The summed E-state index contributed by atoms with van der Waals surface area (Å²) in [7, 11) is 0. The van der Waals surface area contributed by atoms with Gasteiger partial charge in [0.2, 0.25) is 17.7 Å². The lowest BCUT2D eigenvalue weighted by Gasteiger charge is -2.40. The molecule has 3 aromatic carbocycles. The zero-order chi connectivity index (χ0) is 33.0. The number of carbonyl (C=O) groups is 5. The maximum absolute atomic E-state index is 13.5. The standard InChI is InChI=1S/C35H38N4O7/c1-20(31(40)37-22(3)33(42)39-23(4)34(43)45-19-30(39)24-12-6-5-7-13-24)36-32(41)21(2)38-35(44)46-18-29-27-16-10-8-14-25(27)26-15-9-11-17-28(26)29/h5-17,20-23,29-30H,18-19H2,1-4H3,(H,36,41)(H,37,40)(H,38,44)/t20-,21+,22-,23-,30-/m0/s1. The van der Waals surface area contributed by atoms with Crippen LogP contribution in [-0.2, 0) is 28.7 Å². The van der Waals surface area contributed by atoms with Crippen molar-refractivity contribution in [1.29, 1.82) is 0 Å². The molecule has 5 atom stereocenters. The summed E-state index contributed by atoms with van der Waals surface area (Å²) in [5.41, 5.74) is 5.15. The molecule has 0 saturated carbocycles. The Balaban J connectivity index is 1.12. The SMILES string of the molecule is C[C@H](NC(=O)[C@@H](C)NC(=O)OCC1c2ccccc2-c2ccccc21)C(=O)N[C@@H](C)C(=O)N1[C@@H](C)C(=O)OC[C@H]1c1ccccc1. The van der Waals surface area contributed by atoms with Crippen LogP contribution in [0.15, 0.2) is 78.9 Å². The fourth-order valence-corrected chi connectivity index (χ4v) is 5.93. The number of rotatable bonds is 9. The number of ether oxygens (including phenoxy) is 2. The number of cyclic esters (lactones) is 1. The molecule has 3 aromatic rings. The Morgan fingerprint density at radius 3 is 1.91 bits per heavy atom. The van der Waals surface area contributed by atoms with E-state index in [9.17, 15) is 24.0 Å². The van der Waals surface area contributed by atoms with Gasteiger partial charge in [0.25, 0.3) is 0 Å². The minimum Gasteiger partial charge on any atom is -0.462 e. The maximum atomic E-state index is 13.5. The van der Waals surface area contributed by atoms with Crippen LogP contribution in [0.2, 0.25) is 0 Å². The molecule has 46 heavy (non-hydrogen) atoms. The van der Waals surface area contributed by atoms with Gasteiger partial charge in [0, 0.05) is 5.92 Å². The zero-order valence-electron chi connectivity index (χ0n) is 26.2. The van der Waals surface area contributed by atoms with Crippen molar-refractivity contribution in [2.45, 2.75) is 63.8 Å². The molecular weight excluding hydrogens is 588 g/mol. The van der Waals surface area contributed by atoms with E-state index in [1.54, 1.807) is 6.92 Å². The van der Waals surface area contributed by atoms with Gasteiger partial charge in [0.05, 0.1) is 6.04 Å². The molecule has 1 fully saturated rings. The van der Waals surface area contributed by atoms with Crippen molar-refractivity contribution in [3.05, 3.63) is 95.6 Å². The number of amides is 4. The van der Waals surface area contributed by atoms with E-state index >= 15 is 0 Å². The molecule has 2 aliphatic rings. The van der Waals surface area contributed by atoms with Crippen molar-refractivity contribution < 1.29 is 33.4 Å². The van der Waals surface area contributed by atoms with Crippen LogP contribution in [0.1, 0.15) is 56.3 Å². The molecule has 1 aliphatic heterocycles. The van der Waals surface area contributed by atoms with Gasteiger partial charge in [-0.2, -0.15) is 0 Å². The van der Waals surface area contributed by atoms with Gasteiger partial charge in [0.1, 0.15) is 37.4 Å². The fourth-order valence-electron chi connectivity index (χ4n) is 5.93. The second kappa shape index (κ2) is 13.8. The van der Waals surface area contributed by atoms with E-state index in [1.165, 1.54) is 25.7 Å². The van der Waals surface area contributed by atoms with Gasteiger partial charge in [-0.3, -0.25) is 14.4 Å². The summed E-state index contributed by atoms with van der Waals surface area (Å²) >= 11 is 0. The van der Waals surface area contributed by atoms with Crippen LogP contribution in [0.4, 0.5) is 4.79 Å². The molecule has 1 saturated heterocycles. The van der Waals surface area contributed by atoms with E-state index in [0.717, 1.165) is 27.8 Å². The fraction of sp³-hybridized carbons (Fsp3) is 0.343. The Morgan fingerprint density at radius 1 is 0.783 bits per heavy atom. The highest BCUT2D eigenvalue weighted by Gasteiger charge is 2.41. The summed E-state index contributed by atoms with van der Waals surface area (Å²) in [6, 6.07) is 20.8. The van der Waals surface area contributed by atoms with Crippen LogP contribution >= 0.6 is 0 Å². The lowest BCUT2D eigenvalue weighted by Crippen LogP contribution is -2.59. The van der Waals surface area contributed by atoms with Gasteiger partial charge in [-0.1, -0.05) is 78.9 Å². The van der Waals surface area contributed by atoms with E-state index in [2.05, 4.69) is 16.0 Å². The van der Waals surface area contributed by atoms with Crippen molar-refractivity contribution in [3.8, 4) is 11.1 Å². The molecule has 1 aliphatic carbocycles. The Hall–Kier alpha value is -5.19. The van der Waals surface area contributed by atoms with Crippen molar-refractivity contribution in [2.24, 2.45) is 0 Å². The number of nitrogens with one attached hydrogen (secondary N) is 3. The van der Waals surface area contributed by atoms with Crippen LogP contribution in [0.5, 0.6) is 0 Å². The lowest BCUT2D eigenvalue weighted by molar-refractivity contribution is -0.169. The predicted octanol–water partition coefficient (Wildman–Crippen LogP) is 3.44. The number of benzene rings is 3. The number of nitrogens with zero attached hydrogens (tertiary/aromatic N) is 1. The molecule has 5 rings (SSSR count). The molecule has 11 heteroatoms. The predicted molar refractivity (Wildman–Crippen MR) is 169 cm³/mol. The number of carbonyl (C=O) groups excluding carboxylic acids is 5. The Morgan fingerprint density at radius 2 is 1.30 bits per heavy atom. The van der Waals surface area contributed by atoms with E-state index < -0.39 is 60.0 Å². The molecule has 11 nitrogen and oxygen atoms in total. The minimum atomic E-state index is -1.02. The molecule has 0 spiro atoms. The first-order chi connectivity index (χ1) is 22.1. The highest BCUT2D eigenvalue weighted by Crippen LogP contribution is 2.44. The number of hydrogen-bond acceptors (Lipinski definition) is 7. The zero-order valence-corrected chi connectivity index (χ0v) is 26.2. The third-order valence-corrected chi connectivity index (χ3v) is 8.47. The topological polar surface area (TPSA) is 143 Å². The summed E-state index contributed by atoms with van der Waals surface area (Å²) in [6.07, 6.45) is -0.761. The van der Waals surface area contributed by atoms with Crippen molar-refractivity contribution in [1.82, 2.24) is 20.9 Å². The van der Waals surface area contributed by atoms with Crippen molar-refractivity contribution >= 4 is 29.8 Å². The van der Waals surface area contributed by atoms with Crippen LogP contribution in [-0.4, -0.2) is 72.1 Å². The summed E-state index contributed by atoms with van der Waals surface area (Å²) < 4.78 is 10.8. The van der Waals surface area contributed by atoms with Crippen LogP contribution < -0.4 is 16.0 Å². The summed E-state index contributed by atoms with van der Waals surface area (Å²) in [5, 5.41) is 7.71. The molecule has 1 heterocycles. The van der Waals surface area contributed by atoms with E-state index in [4.69, 9.17) is 9.47 Å². The first-order valence-corrected chi connectivity index (χ1v) is 15.3. The second-order valence-electron chi connectivity index (χ2n) is 11.6. The van der Waals surface area contributed by atoms with Gasteiger partial charge in [-0.25, -0.2) is 9.59 Å². The third kappa shape index (κ3) is 6.73. The average molecular weight is 627 g/mol. The van der Waals surface area contributed by atoms with E-state index in [1.807, 2.05) is 78.9 Å². The smallest absolute Gasteiger partial charge is 0.407 e. The minimum absolute atomic E-state index is 0.000612. The highest BCUT2D eigenvalue weighted by atomic mass is 16.5. The number of hydrogen-bond donors (Lipinski definition) is 3. The van der Waals surface area contributed by atoms with Gasteiger partial charge < -0.3 is 30.3 Å². The average Bonchev–Trinajstić information content (AvgIpc) is 3.38. The molecule has 4 amide bonds. The monoisotopic (exact) mass is 626 g/mol. The third-order valence-electron chi connectivity index (χ3n) is 8.47. The first-order valence-electron chi connectivity index (χ1n) is 15.3. The highest BCUT2D eigenvalue weighted by molar-refractivity contribution is 5.94. The van der Waals surface area contributed by atoms with Gasteiger partial charge in [-0.15, -0.1) is 0 Å². The van der Waals surface area contributed by atoms with E-state index in [-0.39, 0.29) is 19.1 Å². The second-order valence-corrected chi connectivity index (χ2v) is 11.6. The largest absolute Gasteiger partial charge is 0.462 e. The van der Waals surface area contributed by atoms with Crippen LogP contribution in [0.3, 0.4) is 0 Å². The van der Waals surface area contributed by atoms with Crippen LogP contribution in [0.25, 0.3) is 11.1 Å². The van der Waals surface area contributed by atoms with Gasteiger partial charge >= 0.3 is 12.1 Å². The Bertz CT molecular complexity index is 1580. The van der Waals surface area contributed by atoms with Gasteiger partial charge in [0.15, 0.2) is 0 Å². The van der Waals surface area contributed by atoms with Crippen molar-refractivity contribution in [2.75, 3.05) is 13.2 Å². The summed E-state index contributed by atoms with van der Waals surface area (Å²) in [6.45, 7) is 6.15. The Labute approximate surface area is 267 Å². The molecule has 0 unspecified atom stereocenters. The number of morpholine rings is 1. The molecule has 240 valence electrons. The lowest BCUT2D eigenvalue weighted by atomic mass is 9.98. The normalized spacial score (nSPS) is 19.0. The summed E-state index contributed by atoms with van der Waals surface area (Å²) in [5.74, 6) is -2.33. The van der Waals surface area contributed by atoms with E-state index in [0.29, 0.717) is 0 Å². The first kappa shape index (κ1) is 32.2. The van der Waals surface area contributed by atoms with Gasteiger partial charge in [-0.05, 0) is 55.5 Å². The maximum Gasteiger partial charge on any atom is 0.407 e. The molecule has 0 bridgehead atoms. The molecular formula is C35H38N4O7.